The number of hydrogen-bond acceptors (Lipinski definition) is 6. The van der Waals surface area contributed by atoms with Crippen LogP contribution < -0.4 is 21.7 Å². The molecule has 0 bridgehead atoms. The summed E-state index contributed by atoms with van der Waals surface area (Å²) >= 11 is 0. The zero-order valence-electron chi connectivity index (χ0n) is 24.4. The van der Waals surface area contributed by atoms with E-state index in [9.17, 15) is 29.4 Å². The van der Waals surface area contributed by atoms with Gasteiger partial charge >= 0.3 is 5.97 Å². The molecule has 228 valence electrons. The number of benzene rings is 3. The first-order chi connectivity index (χ1) is 20.5. The predicted octanol–water partition coefficient (Wildman–Crippen LogP) is 2.33. The van der Waals surface area contributed by atoms with Gasteiger partial charge in [-0.2, -0.15) is 0 Å². The fourth-order valence-corrected chi connectivity index (χ4v) is 4.61. The molecule has 3 amide bonds. The molecule has 10 nitrogen and oxygen atoms in total. The van der Waals surface area contributed by atoms with Crippen molar-refractivity contribution >= 4 is 23.7 Å². The predicted molar refractivity (Wildman–Crippen MR) is 163 cm³/mol. The van der Waals surface area contributed by atoms with Gasteiger partial charge in [0.05, 0.1) is 6.04 Å². The molecule has 3 aromatic carbocycles. The van der Waals surface area contributed by atoms with E-state index in [0.29, 0.717) is 5.56 Å². The summed E-state index contributed by atoms with van der Waals surface area (Å²) in [4.78, 5) is 52.0. The Kier molecular flexibility index (Phi) is 12.3. The molecular weight excluding hydrogens is 548 g/mol. The maximum Gasteiger partial charge on any atom is 0.326 e. The number of phenolic OH excluding ortho intramolecular Hbond substituents is 1. The van der Waals surface area contributed by atoms with E-state index in [1.807, 2.05) is 74.5 Å². The van der Waals surface area contributed by atoms with Gasteiger partial charge < -0.3 is 31.9 Å². The van der Waals surface area contributed by atoms with Crippen LogP contribution in [0.2, 0.25) is 0 Å². The Morgan fingerprint density at radius 3 is 1.60 bits per heavy atom. The summed E-state index contributed by atoms with van der Waals surface area (Å²) in [7, 11) is 0. The Bertz CT molecular complexity index is 1350. The topological polar surface area (TPSA) is 171 Å². The third-order valence-electron chi connectivity index (χ3n) is 6.88. The van der Waals surface area contributed by atoms with E-state index in [2.05, 4.69) is 16.0 Å². The highest BCUT2D eigenvalue weighted by Gasteiger charge is 2.31. The van der Waals surface area contributed by atoms with Gasteiger partial charge in [0.1, 0.15) is 23.9 Å². The maximum atomic E-state index is 13.6. The van der Waals surface area contributed by atoms with Gasteiger partial charge in [0, 0.05) is 12.8 Å². The van der Waals surface area contributed by atoms with Crippen molar-refractivity contribution in [2.75, 3.05) is 0 Å². The van der Waals surface area contributed by atoms with Crippen LogP contribution >= 0.6 is 0 Å². The van der Waals surface area contributed by atoms with Crippen molar-refractivity contribution in [1.82, 2.24) is 16.0 Å². The average molecular weight is 589 g/mol. The van der Waals surface area contributed by atoms with Crippen LogP contribution in [0.4, 0.5) is 0 Å². The van der Waals surface area contributed by atoms with E-state index in [0.717, 1.165) is 11.1 Å². The van der Waals surface area contributed by atoms with E-state index in [1.165, 1.54) is 12.1 Å². The first-order valence-electron chi connectivity index (χ1n) is 14.3. The summed E-state index contributed by atoms with van der Waals surface area (Å²) in [5, 5.41) is 27.3. The SMILES string of the molecule is CC(C)CC(NC(=O)C(Cc1ccccc1)NC(=O)C(N)Cc1ccccc1)C(=O)NC(Cc1ccc(O)cc1)C(=O)O. The summed E-state index contributed by atoms with van der Waals surface area (Å²) in [6.45, 7) is 3.76. The molecule has 0 heterocycles. The van der Waals surface area contributed by atoms with Gasteiger partial charge in [-0.1, -0.05) is 86.6 Å². The molecule has 4 atom stereocenters. The molecule has 3 aromatic rings. The molecule has 0 aliphatic carbocycles. The van der Waals surface area contributed by atoms with Gasteiger partial charge in [-0.3, -0.25) is 14.4 Å². The molecule has 10 heteroatoms. The van der Waals surface area contributed by atoms with Crippen LogP contribution in [0.1, 0.15) is 37.0 Å². The molecule has 0 aliphatic rings. The minimum Gasteiger partial charge on any atom is -0.508 e. The highest BCUT2D eigenvalue weighted by molar-refractivity contribution is 5.94. The molecule has 0 radical (unpaired) electrons. The quantitative estimate of drug-likeness (QED) is 0.158. The lowest BCUT2D eigenvalue weighted by molar-refractivity contribution is -0.142. The molecule has 3 rings (SSSR count). The first-order valence-corrected chi connectivity index (χ1v) is 14.3. The highest BCUT2D eigenvalue weighted by atomic mass is 16.4. The van der Waals surface area contributed by atoms with Gasteiger partial charge in [-0.25, -0.2) is 4.79 Å². The van der Waals surface area contributed by atoms with Crippen LogP contribution in [-0.2, 0) is 38.4 Å². The molecule has 0 saturated carbocycles. The standard InChI is InChI=1S/C33H40N4O6/c1-21(2)17-27(31(40)37-29(33(42)43)20-24-13-15-25(38)16-14-24)36-32(41)28(19-23-11-7-4-8-12-23)35-30(39)26(34)18-22-9-5-3-6-10-22/h3-16,21,26-29,38H,17-20,34H2,1-2H3,(H,35,39)(H,36,41)(H,37,40)(H,42,43). The number of phenols is 1. The lowest BCUT2D eigenvalue weighted by atomic mass is 9.99. The summed E-state index contributed by atoms with van der Waals surface area (Å²) in [6.07, 6.45) is 0.658. The van der Waals surface area contributed by atoms with Crippen LogP contribution in [0.25, 0.3) is 0 Å². The number of carboxylic acid groups (broad SMARTS) is 1. The summed E-state index contributed by atoms with van der Waals surface area (Å²) < 4.78 is 0. The fourth-order valence-electron chi connectivity index (χ4n) is 4.61. The van der Waals surface area contributed by atoms with E-state index < -0.39 is 47.9 Å². The van der Waals surface area contributed by atoms with Gasteiger partial charge in [-0.05, 0) is 47.6 Å². The second kappa shape index (κ2) is 16.1. The third-order valence-corrected chi connectivity index (χ3v) is 6.88. The number of nitrogens with one attached hydrogen (secondary N) is 3. The monoisotopic (exact) mass is 588 g/mol. The van der Waals surface area contributed by atoms with Gasteiger partial charge in [0.2, 0.25) is 17.7 Å². The zero-order valence-corrected chi connectivity index (χ0v) is 24.4. The Morgan fingerprint density at radius 1 is 0.628 bits per heavy atom. The highest BCUT2D eigenvalue weighted by Crippen LogP contribution is 2.13. The molecule has 0 aliphatic heterocycles. The molecule has 0 aromatic heterocycles. The van der Waals surface area contributed by atoms with Crippen molar-refractivity contribution in [1.29, 1.82) is 0 Å². The summed E-state index contributed by atoms with van der Waals surface area (Å²) in [5.74, 6) is -2.97. The Balaban J connectivity index is 1.75. The lowest BCUT2D eigenvalue weighted by Gasteiger charge is -2.26. The second-order valence-corrected chi connectivity index (χ2v) is 11.0. The number of nitrogens with two attached hydrogens (primary N) is 1. The number of carboxylic acids is 1. The number of rotatable bonds is 15. The first kappa shape index (κ1) is 32.8. The van der Waals surface area contributed by atoms with Crippen LogP contribution in [0.5, 0.6) is 5.75 Å². The number of amides is 3. The minimum atomic E-state index is -1.26. The van der Waals surface area contributed by atoms with Crippen molar-refractivity contribution in [3.63, 3.8) is 0 Å². The number of hydrogen-bond donors (Lipinski definition) is 6. The molecule has 43 heavy (non-hydrogen) atoms. The molecule has 0 spiro atoms. The number of carbonyl (C=O) groups is 4. The molecular formula is C33H40N4O6. The number of aliphatic carboxylic acids is 1. The second-order valence-electron chi connectivity index (χ2n) is 11.0. The van der Waals surface area contributed by atoms with Crippen molar-refractivity contribution in [3.8, 4) is 5.75 Å². The van der Waals surface area contributed by atoms with Crippen molar-refractivity contribution < 1.29 is 29.4 Å². The summed E-state index contributed by atoms with van der Waals surface area (Å²) in [6, 6.07) is 20.2. The Labute approximate surface area is 251 Å². The summed E-state index contributed by atoms with van der Waals surface area (Å²) in [5.41, 5.74) is 8.46. The van der Waals surface area contributed by atoms with Gasteiger partial charge in [0.15, 0.2) is 0 Å². The van der Waals surface area contributed by atoms with Crippen LogP contribution in [0, 0.1) is 5.92 Å². The zero-order chi connectivity index (χ0) is 31.4. The molecule has 0 saturated heterocycles. The maximum absolute atomic E-state index is 13.6. The van der Waals surface area contributed by atoms with Gasteiger partial charge in [-0.15, -0.1) is 0 Å². The van der Waals surface area contributed by atoms with E-state index >= 15 is 0 Å². The van der Waals surface area contributed by atoms with Gasteiger partial charge in [0.25, 0.3) is 0 Å². The van der Waals surface area contributed by atoms with Crippen LogP contribution in [-0.4, -0.2) is 58.1 Å². The Hall–Kier alpha value is -4.70. The number of aromatic hydroxyl groups is 1. The molecule has 7 N–H and O–H groups in total. The minimum absolute atomic E-state index is 0.0158. The van der Waals surface area contributed by atoms with E-state index in [4.69, 9.17) is 5.73 Å². The lowest BCUT2D eigenvalue weighted by Crippen LogP contribution is -2.58. The van der Waals surface area contributed by atoms with Crippen molar-refractivity contribution in [3.05, 3.63) is 102 Å². The van der Waals surface area contributed by atoms with E-state index in [-0.39, 0.29) is 37.4 Å². The normalized spacial score (nSPS) is 13.8. The Morgan fingerprint density at radius 2 is 1.07 bits per heavy atom. The fraction of sp³-hybridized carbons (Fsp3) is 0.333. The van der Waals surface area contributed by atoms with Crippen molar-refractivity contribution in [2.45, 2.75) is 63.7 Å². The average Bonchev–Trinajstić information content (AvgIpc) is 2.97. The van der Waals surface area contributed by atoms with Crippen LogP contribution in [0.15, 0.2) is 84.9 Å². The van der Waals surface area contributed by atoms with E-state index in [1.54, 1.807) is 12.1 Å². The molecule has 0 fully saturated rings. The molecule has 4 unspecified atom stereocenters. The van der Waals surface area contributed by atoms with Crippen molar-refractivity contribution in [2.24, 2.45) is 11.7 Å². The smallest absolute Gasteiger partial charge is 0.326 e. The third kappa shape index (κ3) is 10.9. The van der Waals surface area contributed by atoms with Crippen LogP contribution in [0.3, 0.4) is 0 Å². The number of carbonyl (C=O) groups excluding carboxylic acids is 3. The largest absolute Gasteiger partial charge is 0.508 e.